The number of hydrogen-bond acceptors (Lipinski definition) is 5. The lowest BCUT2D eigenvalue weighted by atomic mass is 10.4. The molecule has 0 atom stereocenters. The van der Waals surface area contributed by atoms with Crippen molar-refractivity contribution in [2.24, 2.45) is 5.73 Å². The molecule has 0 bridgehead atoms. The molecule has 0 saturated carbocycles. The minimum absolute atomic E-state index is 0.0631. The first-order chi connectivity index (χ1) is 7.99. The summed E-state index contributed by atoms with van der Waals surface area (Å²) in [5.41, 5.74) is 5.10. The Morgan fingerprint density at radius 1 is 1.53 bits per heavy atom. The van der Waals surface area contributed by atoms with Gasteiger partial charge in [0, 0.05) is 6.20 Å². The molecule has 3 N–H and O–H groups in total. The quantitative estimate of drug-likeness (QED) is 0.857. The number of carboxylic acids is 1. The number of aromatic nitrogens is 3. The summed E-state index contributed by atoms with van der Waals surface area (Å²) in [4.78, 5) is 25.3. The van der Waals surface area contributed by atoms with E-state index in [1.54, 1.807) is 0 Å². The molecular weight excluding hydrogens is 268 g/mol. The molecule has 2 heterocycles. The lowest BCUT2D eigenvalue weighted by Gasteiger charge is -1.92. The molecule has 9 heteroatoms. The number of carbonyl (C=O) groups is 2. The fraction of sp³-hybridized carbons (Fsp3) is 0. The van der Waals surface area contributed by atoms with Crippen LogP contribution < -0.4 is 5.73 Å². The Bertz CT molecular complexity index is 606. The number of amides is 1. The Morgan fingerprint density at radius 3 is 2.71 bits per heavy atom. The van der Waals surface area contributed by atoms with Crippen molar-refractivity contribution in [2.45, 2.75) is 0 Å². The van der Waals surface area contributed by atoms with Crippen LogP contribution in [0.3, 0.4) is 0 Å². The smallest absolute Gasteiger partial charge is 0.349 e. The lowest BCUT2D eigenvalue weighted by molar-refractivity contribution is 0.0702. The number of primary amides is 1. The summed E-state index contributed by atoms with van der Waals surface area (Å²) in [6.45, 7) is 0. The second-order valence-corrected chi connectivity index (χ2v) is 4.27. The molecule has 2 aromatic rings. The zero-order valence-electron chi connectivity index (χ0n) is 8.12. The number of nitrogens with zero attached hydrogens (tertiary/aromatic N) is 3. The Balaban J connectivity index is 2.42. The maximum atomic E-state index is 10.8. The van der Waals surface area contributed by atoms with Gasteiger partial charge in [-0.25, -0.2) is 14.5 Å². The van der Waals surface area contributed by atoms with Crippen LogP contribution in [0.15, 0.2) is 12.3 Å². The fourth-order valence-electron chi connectivity index (χ4n) is 1.08. The van der Waals surface area contributed by atoms with E-state index in [2.05, 4.69) is 10.1 Å². The number of thiazole rings is 1. The topological polar surface area (TPSA) is 111 Å². The van der Waals surface area contributed by atoms with E-state index in [1.807, 2.05) is 0 Å². The van der Waals surface area contributed by atoms with E-state index in [4.69, 9.17) is 22.4 Å². The van der Waals surface area contributed by atoms with Crippen molar-refractivity contribution in [3.8, 4) is 5.13 Å². The summed E-state index contributed by atoms with van der Waals surface area (Å²) in [6.07, 6.45) is 1.45. The van der Waals surface area contributed by atoms with Gasteiger partial charge in [-0.05, 0) is 6.07 Å². The van der Waals surface area contributed by atoms with E-state index in [9.17, 15) is 9.59 Å². The Morgan fingerprint density at radius 2 is 2.24 bits per heavy atom. The van der Waals surface area contributed by atoms with Crippen LogP contribution in [0.5, 0.6) is 0 Å². The zero-order chi connectivity index (χ0) is 12.6. The summed E-state index contributed by atoms with van der Waals surface area (Å²) >= 11 is 6.50. The Kier molecular flexibility index (Phi) is 2.82. The van der Waals surface area contributed by atoms with Crippen molar-refractivity contribution >= 4 is 34.8 Å². The molecule has 1 amide bonds. The van der Waals surface area contributed by atoms with Crippen LogP contribution in [-0.2, 0) is 0 Å². The molecule has 0 aliphatic rings. The third kappa shape index (κ3) is 2.12. The fourth-order valence-corrected chi connectivity index (χ4v) is 2.14. The van der Waals surface area contributed by atoms with Gasteiger partial charge >= 0.3 is 5.97 Å². The number of aromatic carboxylic acids is 1. The summed E-state index contributed by atoms with van der Waals surface area (Å²) in [7, 11) is 0. The number of carboxylic acid groups (broad SMARTS) is 1. The van der Waals surface area contributed by atoms with Crippen LogP contribution in [0.2, 0.25) is 5.15 Å². The minimum atomic E-state index is -1.17. The number of halogens is 1. The molecule has 0 aliphatic carbocycles. The number of rotatable bonds is 3. The van der Waals surface area contributed by atoms with Crippen molar-refractivity contribution in [1.82, 2.24) is 14.8 Å². The maximum absolute atomic E-state index is 10.8. The molecular formula is C8H5ClN4O3S. The SMILES string of the molecule is NC(=O)c1ccn(-c2nc(Cl)c(C(=O)O)s2)n1. The molecule has 0 saturated heterocycles. The van der Waals surface area contributed by atoms with Gasteiger partial charge in [-0.1, -0.05) is 22.9 Å². The van der Waals surface area contributed by atoms with Gasteiger partial charge in [-0.3, -0.25) is 4.79 Å². The molecule has 2 aromatic heterocycles. The van der Waals surface area contributed by atoms with E-state index in [1.165, 1.54) is 16.9 Å². The van der Waals surface area contributed by atoms with Crippen LogP contribution in [0, 0.1) is 0 Å². The monoisotopic (exact) mass is 272 g/mol. The first-order valence-electron chi connectivity index (χ1n) is 4.24. The van der Waals surface area contributed by atoms with Crippen molar-refractivity contribution in [1.29, 1.82) is 0 Å². The van der Waals surface area contributed by atoms with E-state index in [-0.39, 0.29) is 20.9 Å². The van der Waals surface area contributed by atoms with E-state index in [0.717, 1.165) is 11.3 Å². The average Bonchev–Trinajstić information content (AvgIpc) is 2.82. The van der Waals surface area contributed by atoms with Gasteiger partial charge < -0.3 is 10.8 Å². The first kappa shape index (κ1) is 11.6. The number of hydrogen-bond donors (Lipinski definition) is 2. The highest BCUT2D eigenvalue weighted by Crippen LogP contribution is 2.25. The van der Waals surface area contributed by atoms with Crippen molar-refractivity contribution in [2.75, 3.05) is 0 Å². The molecule has 7 nitrogen and oxygen atoms in total. The van der Waals surface area contributed by atoms with Gasteiger partial charge in [0.15, 0.2) is 10.0 Å². The largest absolute Gasteiger partial charge is 0.477 e. The molecule has 0 fully saturated rings. The summed E-state index contributed by atoms with van der Waals surface area (Å²) < 4.78 is 1.24. The first-order valence-corrected chi connectivity index (χ1v) is 5.44. The van der Waals surface area contributed by atoms with Crippen LogP contribution in [0.4, 0.5) is 0 Å². The predicted molar refractivity (Wildman–Crippen MR) is 59.7 cm³/mol. The molecule has 88 valence electrons. The zero-order valence-corrected chi connectivity index (χ0v) is 9.70. The molecule has 0 unspecified atom stereocenters. The second-order valence-electron chi connectivity index (χ2n) is 2.93. The Labute approximate surface area is 103 Å². The van der Waals surface area contributed by atoms with Gasteiger partial charge in [0.1, 0.15) is 5.69 Å². The van der Waals surface area contributed by atoms with Gasteiger partial charge in [-0.2, -0.15) is 5.10 Å². The number of carbonyl (C=O) groups excluding carboxylic acids is 1. The van der Waals surface area contributed by atoms with E-state index < -0.39 is 11.9 Å². The highest BCUT2D eigenvalue weighted by atomic mass is 35.5. The second kappa shape index (κ2) is 4.15. The van der Waals surface area contributed by atoms with Crippen molar-refractivity contribution in [3.63, 3.8) is 0 Å². The van der Waals surface area contributed by atoms with Crippen LogP contribution in [0.25, 0.3) is 5.13 Å². The minimum Gasteiger partial charge on any atom is -0.477 e. The highest BCUT2D eigenvalue weighted by molar-refractivity contribution is 7.16. The summed E-state index contributed by atoms with van der Waals surface area (Å²) in [5, 5.41) is 12.8. The molecule has 17 heavy (non-hydrogen) atoms. The Hall–Kier alpha value is -1.93. The van der Waals surface area contributed by atoms with Gasteiger partial charge in [-0.15, -0.1) is 0 Å². The van der Waals surface area contributed by atoms with E-state index >= 15 is 0 Å². The lowest BCUT2D eigenvalue weighted by Crippen LogP contribution is -2.12. The molecule has 0 radical (unpaired) electrons. The molecule has 0 spiro atoms. The van der Waals surface area contributed by atoms with Crippen LogP contribution >= 0.6 is 22.9 Å². The van der Waals surface area contributed by atoms with Gasteiger partial charge in [0.2, 0.25) is 5.13 Å². The third-order valence-corrected chi connectivity index (χ3v) is 3.22. The molecule has 2 rings (SSSR count). The van der Waals surface area contributed by atoms with Crippen LogP contribution in [0.1, 0.15) is 20.2 Å². The normalized spacial score (nSPS) is 10.4. The highest BCUT2D eigenvalue weighted by Gasteiger charge is 2.17. The summed E-state index contributed by atoms with van der Waals surface area (Å²) in [5.74, 6) is -1.84. The van der Waals surface area contributed by atoms with Gasteiger partial charge in [0.25, 0.3) is 5.91 Å². The van der Waals surface area contributed by atoms with Gasteiger partial charge in [0.05, 0.1) is 0 Å². The maximum Gasteiger partial charge on any atom is 0.349 e. The molecule has 0 aliphatic heterocycles. The average molecular weight is 273 g/mol. The third-order valence-electron chi connectivity index (χ3n) is 1.81. The number of nitrogens with two attached hydrogens (primary N) is 1. The van der Waals surface area contributed by atoms with E-state index in [0.29, 0.717) is 0 Å². The predicted octanol–water partition coefficient (Wildman–Crippen LogP) is 0.779. The summed E-state index contributed by atoms with van der Waals surface area (Å²) in [6, 6.07) is 1.40. The van der Waals surface area contributed by atoms with Crippen LogP contribution in [-0.4, -0.2) is 31.7 Å². The van der Waals surface area contributed by atoms with Crippen molar-refractivity contribution < 1.29 is 14.7 Å². The van der Waals surface area contributed by atoms with Crippen molar-refractivity contribution in [3.05, 3.63) is 28.0 Å². The molecule has 0 aromatic carbocycles. The standard InChI is InChI=1S/C8H5ClN4O3S/c9-5-4(7(15)16)17-8(11-5)13-2-1-3(12-13)6(10)14/h1-2H,(H2,10,14)(H,15,16).